The standard InChI is InChI=1S/C14H26O.Na.H2O5S.H/c1-3-5-6-7-8-9-10-11-12-13-14(15)4-2;;1-5-6(2,3)4;/h4H,2-3,5-13H2,1H3;;1H,(H,2,3,4);. The summed E-state index contributed by atoms with van der Waals surface area (Å²) in [6, 6.07) is 0. The van der Waals surface area contributed by atoms with Gasteiger partial charge in [0.2, 0.25) is 0 Å². The van der Waals surface area contributed by atoms with Crippen LogP contribution < -0.4 is 0 Å². The molecule has 0 radical (unpaired) electrons. The van der Waals surface area contributed by atoms with Crippen LogP contribution in [0.4, 0.5) is 0 Å². The third-order valence-electron chi connectivity index (χ3n) is 2.85. The first-order valence-corrected chi connectivity index (χ1v) is 8.69. The molecule has 0 aromatic rings. The van der Waals surface area contributed by atoms with E-state index in [-0.39, 0.29) is 35.3 Å². The molecular formula is C14H29NaO6S. The van der Waals surface area contributed by atoms with Crippen molar-refractivity contribution in [3.8, 4) is 0 Å². The molecule has 0 fully saturated rings. The summed E-state index contributed by atoms with van der Waals surface area (Å²) in [5.41, 5.74) is 0. The van der Waals surface area contributed by atoms with E-state index in [1.165, 1.54) is 57.4 Å². The van der Waals surface area contributed by atoms with E-state index in [9.17, 15) is 4.79 Å². The second-order valence-corrected chi connectivity index (χ2v) is 5.76. The van der Waals surface area contributed by atoms with E-state index in [1.807, 2.05) is 0 Å². The van der Waals surface area contributed by atoms with Crippen LogP contribution in [0.15, 0.2) is 12.7 Å². The molecule has 0 aromatic carbocycles. The van der Waals surface area contributed by atoms with Gasteiger partial charge in [0.15, 0.2) is 5.78 Å². The molecule has 0 saturated heterocycles. The molecule has 0 heterocycles. The SMILES string of the molecule is C=CC(=O)CCCCCCCCCCC.O=S(=O)(O)OO.[NaH]. The van der Waals surface area contributed by atoms with Crippen LogP contribution in [0.2, 0.25) is 0 Å². The van der Waals surface area contributed by atoms with Gasteiger partial charge in [-0.1, -0.05) is 69.2 Å². The van der Waals surface area contributed by atoms with Crippen LogP contribution in [0.25, 0.3) is 0 Å². The minimum absolute atomic E-state index is 0. The Morgan fingerprint density at radius 1 is 1.05 bits per heavy atom. The van der Waals surface area contributed by atoms with Crippen LogP contribution in [0.1, 0.15) is 71.1 Å². The summed E-state index contributed by atoms with van der Waals surface area (Å²) in [5, 5.41) is 7.06. The van der Waals surface area contributed by atoms with Crippen molar-refractivity contribution in [2.45, 2.75) is 71.1 Å². The molecule has 6 nitrogen and oxygen atoms in total. The average Bonchev–Trinajstić information content (AvgIpc) is 2.45. The van der Waals surface area contributed by atoms with Crippen molar-refractivity contribution in [3.05, 3.63) is 12.7 Å². The zero-order chi connectivity index (χ0) is 16.6. The monoisotopic (exact) mass is 348 g/mol. The molecule has 0 rings (SSSR count). The first kappa shape index (κ1) is 27.1. The molecule has 0 aliphatic heterocycles. The van der Waals surface area contributed by atoms with Crippen LogP contribution >= 0.6 is 0 Å². The van der Waals surface area contributed by atoms with E-state index in [2.05, 4.69) is 17.8 Å². The number of carbonyl (C=O) groups excluding carboxylic acids is 1. The summed E-state index contributed by atoms with van der Waals surface area (Å²) in [5.74, 6) is 0.193. The normalized spacial score (nSPS) is 10.1. The van der Waals surface area contributed by atoms with Gasteiger partial charge in [0.05, 0.1) is 0 Å². The first-order valence-electron chi connectivity index (χ1n) is 7.33. The van der Waals surface area contributed by atoms with Crippen molar-refractivity contribution < 1.29 is 27.4 Å². The third kappa shape index (κ3) is 28.4. The summed E-state index contributed by atoms with van der Waals surface area (Å²) >= 11 is 0. The van der Waals surface area contributed by atoms with Crippen LogP contribution in [0, 0.1) is 0 Å². The zero-order valence-electron chi connectivity index (χ0n) is 12.8. The summed E-state index contributed by atoms with van der Waals surface area (Å²) in [7, 11) is -4.61. The van der Waals surface area contributed by atoms with Gasteiger partial charge in [-0.25, -0.2) is 5.26 Å². The molecule has 0 bridgehead atoms. The van der Waals surface area contributed by atoms with Crippen LogP contribution in [-0.2, 0) is 19.5 Å². The first-order chi connectivity index (χ1) is 9.87. The van der Waals surface area contributed by atoms with Crippen LogP contribution in [0.5, 0.6) is 0 Å². The maximum absolute atomic E-state index is 10.9. The number of hydrogen-bond acceptors (Lipinski definition) is 5. The molecular weight excluding hydrogens is 319 g/mol. The van der Waals surface area contributed by atoms with E-state index >= 15 is 0 Å². The van der Waals surface area contributed by atoms with Gasteiger partial charge in [-0.3, -0.25) is 9.35 Å². The summed E-state index contributed by atoms with van der Waals surface area (Å²) < 4.78 is 28.0. The van der Waals surface area contributed by atoms with Crippen molar-refractivity contribution in [1.82, 2.24) is 0 Å². The van der Waals surface area contributed by atoms with E-state index in [0.29, 0.717) is 6.42 Å². The van der Waals surface area contributed by atoms with Gasteiger partial charge in [-0.05, 0) is 12.5 Å². The molecule has 8 heteroatoms. The van der Waals surface area contributed by atoms with E-state index in [0.717, 1.165) is 6.42 Å². The molecule has 0 amide bonds. The fourth-order valence-electron chi connectivity index (χ4n) is 1.71. The fourth-order valence-corrected chi connectivity index (χ4v) is 1.71. The maximum atomic E-state index is 10.9. The van der Waals surface area contributed by atoms with Crippen molar-refractivity contribution in [1.29, 1.82) is 0 Å². The fraction of sp³-hybridized carbons (Fsp3) is 0.786. The Hall–Kier alpha value is 0.240. The van der Waals surface area contributed by atoms with Crippen molar-refractivity contribution in [2.24, 2.45) is 0 Å². The van der Waals surface area contributed by atoms with Crippen LogP contribution in [0.3, 0.4) is 0 Å². The summed E-state index contributed by atoms with van der Waals surface area (Å²) in [6.45, 7) is 5.71. The molecule has 0 aliphatic carbocycles. The molecule has 0 spiro atoms. The van der Waals surface area contributed by atoms with E-state index in [4.69, 9.17) is 18.2 Å². The van der Waals surface area contributed by atoms with Gasteiger partial charge in [-0.2, -0.15) is 8.42 Å². The van der Waals surface area contributed by atoms with E-state index < -0.39 is 10.4 Å². The van der Waals surface area contributed by atoms with Gasteiger partial charge in [0.1, 0.15) is 0 Å². The predicted molar refractivity (Wildman–Crippen MR) is 89.5 cm³/mol. The number of carbonyl (C=O) groups is 1. The average molecular weight is 348 g/mol. The molecule has 128 valence electrons. The Kier molecular flexibility index (Phi) is 23.8. The van der Waals surface area contributed by atoms with Crippen molar-refractivity contribution in [2.75, 3.05) is 0 Å². The second kappa shape index (κ2) is 19.3. The zero-order valence-corrected chi connectivity index (χ0v) is 13.6. The van der Waals surface area contributed by atoms with E-state index in [1.54, 1.807) is 0 Å². The molecule has 0 aromatic heterocycles. The Balaban J connectivity index is -0.000000439. The van der Waals surface area contributed by atoms with Gasteiger partial charge in [0, 0.05) is 6.42 Å². The molecule has 0 atom stereocenters. The number of allylic oxidation sites excluding steroid dienone is 1. The van der Waals surface area contributed by atoms with Crippen molar-refractivity contribution in [3.63, 3.8) is 0 Å². The number of rotatable bonds is 12. The summed E-state index contributed by atoms with van der Waals surface area (Å²) in [6.07, 6.45) is 13.9. The second-order valence-electron chi connectivity index (χ2n) is 4.75. The predicted octanol–water partition coefficient (Wildman–Crippen LogP) is 3.29. The molecule has 2 N–H and O–H groups in total. The van der Waals surface area contributed by atoms with Gasteiger partial charge in [-0.15, -0.1) is 0 Å². The Morgan fingerprint density at radius 2 is 1.41 bits per heavy atom. The van der Waals surface area contributed by atoms with Gasteiger partial charge in [0.25, 0.3) is 0 Å². The number of hydrogen-bond donors (Lipinski definition) is 2. The molecule has 0 saturated carbocycles. The quantitative estimate of drug-likeness (QED) is 0.140. The third-order valence-corrected chi connectivity index (χ3v) is 3.04. The number of ketones is 1. The molecule has 22 heavy (non-hydrogen) atoms. The van der Waals surface area contributed by atoms with Gasteiger partial charge >= 0.3 is 40.0 Å². The topological polar surface area (TPSA) is 101 Å². The van der Waals surface area contributed by atoms with Gasteiger partial charge < -0.3 is 0 Å². The molecule has 0 unspecified atom stereocenters. The van der Waals surface area contributed by atoms with Crippen LogP contribution in [-0.4, -0.2) is 53.6 Å². The number of unbranched alkanes of at least 4 members (excludes halogenated alkanes) is 8. The molecule has 0 aliphatic rings. The Labute approximate surface area is 156 Å². The minimum atomic E-state index is -4.61. The Morgan fingerprint density at radius 3 is 1.73 bits per heavy atom. The van der Waals surface area contributed by atoms with Crippen molar-refractivity contribution >= 4 is 45.7 Å². The summed E-state index contributed by atoms with van der Waals surface area (Å²) in [4.78, 5) is 10.9. The Bertz CT molecular complexity index is 356.